The Labute approximate surface area is 250 Å². The highest BCUT2D eigenvalue weighted by molar-refractivity contribution is 6.07. The van der Waals surface area contributed by atoms with Crippen molar-refractivity contribution >= 4 is 28.3 Å². The molecule has 42 heavy (non-hydrogen) atoms. The zero-order valence-electron chi connectivity index (χ0n) is 24.8. The summed E-state index contributed by atoms with van der Waals surface area (Å²) in [6.45, 7) is 9.53. The molecule has 1 N–H and O–H groups in total. The van der Waals surface area contributed by atoms with E-state index in [2.05, 4.69) is 132 Å². The van der Waals surface area contributed by atoms with E-state index in [1.54, 1.807) is 0 Å². The van der Waals surface area contributed by atoms with E-state index in [0.717, 1.165) is 48.0 Å². The summed E-state index contributed by atoms with van der Waals surface area (Å²) >= 11 is 0. The van der Waals surface area contributed by atoms with E-state index in [4.69, 9.17) is 4.74 Å². The van der Waals surface area contributed by atoms with Crippen LogP contribution in [0, 0.1) is 0 Å². The number of aliphatic imine (C=N–C) groups is 1. The van der Waals surface area contributed by atoms with Crippen LogP contribution in [0.4, 0.5) is 17.1 Å². The van der Waals surface area contributed by atoms with Gasteiger partial charge in [-0.05, 0) is 109 Å². The third kappa shape index (κ3) is 7.27. The smallest absolute Gasteiger partial charge is 0.119 e. The second-order valence-corrected chi connectivity index (χ2v) is 10.1. The summed E-state index contributed by atoms with van der Waals surface area (Å²) in [6.07, 6.45) is 8.57. The van der Waals surface area contributed by atoms with Crippen LogP contribution >= 0.6 is 0 Å². The van der Waals surface area contributed by atoms with E-state index in [1.165, 1.54) is 28.0 Å². The lowest BCUT2D eigenvalue weighted by Crippen LogP contribution is -2.21. The van der Waals surface area contributed by atoms with Gasteiger partial charge in [-0.3, -0.25) is 4.99 Å². The first-order valence-corrected chi connectivity index (χ1v) is 14.8. The van der Waals surface area contributed by atoms with Gasteiger partial charge in [-0.25, -0.2) is 0 Å². The molecule has 0 amide bonds. The molecule has 0 aromatic heterocycles. The lowest BCUT2D eigenvalue weighted by atomic mass is 9.90. The van der Waals surface area contributed by atoms with E-state index in [-0.39, 0.29) is 0 Å². The summed E-state index contributed by atoms with van der Waals surface area (Å²) in [5.74, 6) is 0.878. The molecule has 4 aromatic carbocycles. The molecule has 0 saturated heterocycles. The molecule has 0 atom stereocenters. The Morgan fingerprint density at radius 2 is 1.29 bits per heavy atom. The topological polar surface area (TPSA) is 36.9 Å². The fourth-order valence-corrected chi connectivity index (χ4v) is 5.13. The van der Waals surface area contributed by atoms with Gasteiger partial charge in [0.05, 0.1) is 12.3 Å². The van der Waals surface area contributed by atoms with Gasteiger partial charge in [-0.15, -0.1) is 0 Å². The van der Waals surface area contributed by atoms with Gasteiger partial charge in [0, 0.05) is 36.7 Å². The lowest BCUT2D eigenvalue weighted by Gasteiger charge is -2.24. The minimum absolute atomic E-state index is 0.663. The Bertz CT molecular complexity index is 1540. The molecule has 1 aliphatic carbocycles. The van der Waals surface area contributed by atoms with Gasteiger partial charge in [0.25, 0.3) is 0 Å². The van der Waals surface area contributed by atoms with Crippen molar-refractivity contribution in [1.29, 1.82) is 0 Å². The van der Waals surface area contributed by atoms with E-state index in [1.807, 2.05) is 31.2 Å². The van der Waals surface area contributed by atoms with E-state index >= 15 is 0 Å². The SMILES string of the molecule is CCN=C1C=CC(=C(c2ccc(Nc3ccc(OCC)cc3)cc2)c2ccc(N(CC)Cc3ccccc3)cc2)C=C1. The molecule has 0 spiro atoms. The van der Waals surface area contributed by atoms with Crippen LogP contribution in [0.3, 0.4) is 0 Å². The average Bonchev–Trinajstić information content (AvgIpc) is 3.04. The van der Waals surface area contributed by atoms with E-state index in [9.17, 15) is 0 Å². The molecule has 0 bridgehead atoms. The summed E-state index contributed by atoms with van der Waals surface area (Å²) in [7, 11) is 0. The fourth-order valence-electron chi connectivity index (χ4n) is 5.13. The van der Waals surface area contributed by atoms with Crippen molar-refractivity contribution in [2.75, 3.05) is 29.9 Å². The first-order valence-electron chi connectivity index (χ1n) is 14.8. The van der Waals surface area contributed by atoms with Crippen LogP contribution in [-0.4, -0.2) is 25.4 Å². The fraction of sp³-hybridized carbons (Fsp3) is 0.184. The molecule has 0 radical (unpaired) electrons. The molecule has 4 nitrogen and oxygen atoms in total. The quantitative estimate of drug-likeness (QED) is 0.201. The number of ether oxygens (including phenoxy) is 1. The Hall–Kier alpha value is -4.83. The van der Waals surface area contributed by atoms with Gasteiger partial charge < -0.3 is 15.0 Å². The first kappa shape index (κ1) is 28.7. The van der Waals surface area contributed by atoms with Crippen molar-refractivity contribution in [2.45, 2.75) is 27.3 Å². The van der Waals surface area contributed by atoms with Crippen molar-refractivity contribution < 1.29 is 4.74 Å². The molecular weight excluding hydrogens is 514 g/mol. The van der Waals surface area contributed by atoms with Gasteiger partial charge in [0.2, 0.25) is 0 Å². The van der Waals surface area contributed by atoms with Crippen molar-refractivity contribution in [3.8, 4) is 5.75 Å². The Morgan fingerprint density at radius 3 is 1.86 bits per heavy atom. The van der Waals surface area contributed by atoms with Gasteiger partial charge >= 0.3 is 0 Å². The summed E-state index contributed by atoms with van der Waals surface area (Å²) < 4.78 is 5.57. The summed E-state index contributed by atoms with van der Waals surface area (Å²) in [5, 5.41) is 3.50. The van der Waals surface area contributed by atoms with Gasteiger partial charge in [0.1, 0.15) is 5.75 Å². The van der Waals surface area contributed by atoms with Gasteiger partial charge in [-0.2, -0.15) is 0 Å². The van der Waals surface area contributed by atoms with E-state index in [0.29, 0.717) is 6.61 Å². The maximum absolute atomic E-state index is 5.57. The largest absolute Gasteiger partial charge is 0.494 e. The van der Waals surface area contributed by atoms with Crippen LogP contribution in [0.25, 0.3) is 5.57 Å². The molecule has 4 aromatic rings. The first-order chi connectivity index (χ1) is 20.7. The van der Waals surface area contributed by atoms with Crippen LogP contribution in [0.5, 0.6) is 5.75 Å². The van der Waals surface area contributed by atoms with Gasteiger partial charge in [-0.1, -0.05) is 66.7 Å². The highest BCUT2D eigenvalue weighted by Gasteiger charge is 2.13. The predicted octanol–water partition coefficient (Wildman–Crippen LogP) is 9.24. The number of hydrogen-bond acceptors (Lipinski definition) is 4. The average molecular weight is 554 g/mol. The highest BCUT2D eigenvalue weighted by atomic mass is 16.5. The third-order valence-corrected chi connectivity index (χ3v) is 7.24. The van der Waals surface area contributed by atoms with Crippen LogP contribution in [0.2, 0.25) is 0 Å². The third-order valence-electron chi connectivity index (χ3n) is 7.24. The zero-order chi connectivity index (χ0) is 29.1. The van der Waals surface area contributed by atoms with Crippen molar-refractivity contribution in [3.63, 3.8) is 0 Å². The highest BCUT2D eigenvalue weighted by Crippen LogP contribution is 2.32. The van der Waals surface area contributed by atoms with Crippen LogP contribution in [0.1, 0.15) is 37.5 Å². The Kier molecular flexibility index (Phi) is 9.69. The Balaban J connectivity index is 1.43. The molecular formula is C38H39N3O. The standard InChI is InChI=1S/C38H39N3O/c1-4-39-33-18-12-30(13-19-33)38(31-14-20-34(21-15-31)40-35-22-26-37(27-23-35)42-6-3)32-16-24-36(25-17-32)41(5-2)28-29-10-8-7-9-11-29/h7-27,40H,4-6,28H2,1-3H3. The number of allylic oxidation sites excluding steroid dienone is 5. The van der Waals surface area contributed by atoms with Crippen molar-refractivity contribution in [3.05, 3.63) is 150 Å². The molecule has 1 aliphatic rings. The second-order valence-electron chi connectivity index (χ2n) is 10.1. The molecule has 0 aliphatic heterocycles. The predicted molar refractivity (Wildman–Crippen MR) is 179 cm³/mol. The number of nitrogens with zero attached hydrogens (tertiary/aromatic N) is 2. The van der Waals surface area contributed by atoms with Crippen LogP contribution < -0.4 is 15.0 Å². The molecule has 212 valence electrons. The number of anilines is 3. The lowest BCUT2D eigenvalue weighted by molar-refractivity contribution is 0.340. The summed E-state index contributed by atoms with van der Waals surface area (Å²) in [6, 6.07) is 36.3. The minimum atomic E-state index is 0.663. The van der Waals surface area contributed by atoms with E-state index < -0.39 is 0 Å². The molecule has 0 fully saturated rings. The number of hydrogen-bond donors (Lipinski definition) is 1. The van der Waals surface area contributed by atoms with Crippen LogP contribution in [0.15, 0.2) is 138 Å². The second kappa shape index (κ2) is 14.2. The monoisotopic (exact) mass is 553 g/mol. The normalized spacial score (nSPS) is 12.3. The molecule has 0 saturated carbocycles. The van der Waals surface area contributed by atoms with Crippen molar-refractivity contribution in [1.82, 2.24) is 0 Å². The molecule has 0 unspecified atom stereocenters. The van der Waals surface area contributed by atoms with Crippen molar-refractivity contribution in [2.24, 2.45) is 4.99 Å². The maximum Gasteiger partial charge on any atom is 0.119 e. The number of benzene rings is 4. The summed E-state index contributed by atoms with van der Waals surface area (Å²) in [4.78, 5) is 6.97. The number of nitrogens with one attached hydrogen (secondary N) is 1. The molecule has 4 heteroatoms. The maximum atomic E-state index is 5.57. The Morgan fingerprint density at radius 1 is 0.690 bits per heavy atom. The summed E-state index contributed by atoms with van der Waals surface area (Å²) in [5.41, 5.74) is 10.3. The molecule has 5 rings (SSSR count). The van der Waals surface area contributed by atoms with Gasteiger partial charge in [0.15, 0.2) is 0 Å². The zero-order valence-corrected chi connectivity index (χ0v) is 24.8. The minimum Gasteiger partial charge on any atom is -0.494 e. The number of rotatable bonds is 11. The van der Waals surface area contributed by atoms with Crippen LogP contribution in [-0.2, 0) is 6.54 Å². The molecule has 0 heterocycles.